The van der Waals surface area contributed by atoms with Gasteiger partial charge >= 0.3 is 0 Å². The number of aryl methyl sites for hydroxylation is 1. The van der Waals surface area contributed by atoms with Crippen LogP contribution in [0.5, 0.6) is 0 Å². The summed E-state index contributed by atoms with van der Waals surface area (Å²) in [6, 6.07) is 0.478. The first kappa shape index (κ1) is 16.0. The fraction of sp³-hybridized carbons (Fsp3) is 0.833. The summed E-state index contributed by atoms with van der Waals surface area (Å²) in [5.41, 5.74) is 3.25. The minimum atomic E-state index is 0.0450. The van der Waals surface area contributed by atoms with Gasteiger partial charge in [0.15, 0.2) is 0 Å². The van der Waals surface area contributed by atoms with Crippen molar-refractivity contribution in [2.45, 2.75) is 69.7 Å². The van der Waals surface area contributed by atoms with Crippen LogP contribution in [0.4, 0.5) is 0 Å². The van der Waals surface area contributed by atoms with Gasteiger partial charge in [-0.1, -0.05) is 0 Å². The van der Waals surface area contributed by atoms with Crippen LogP contribution in [0.3, 0.4) is 0 Å². The molecule has 23 heavy (non-hydrogen) atoms. The lowest BCUT2D eigenvalue weighted by atomic mass is 9.79. The van der Waals surface area contributed by atoms with E-state index in [-0.39, 0.29) is 5.60 Å². The molecule has 0 N–H and O–H groups in total. The zero-order chi connectivity index (χ0) is 15.9. The van der Waals surface area contributed by atoms with Gasteiger partial charge in [0.1, 0.15) is 0 Å². The van der Waals surface area contributed by atoms with Gasteiger partial charge < -0.3 is 9.47 Å². The maximum absolute atomic E-state index is 6.22. The fourth-order valence-corrected chi connectivity index (χ4v) is 4.92. The maximum atomic E-state index is 6.22. The van der Waals surface area contributed by atoms with Crippen molar-refractivity contribution in [1.82, 2.24) is 9.88 Å². The van der Waals surface area contributed by atoms with Gasteiger partial charge in [-0.25, -0.2) is 4.98 Å². The number of hydrogen-bond acceptors (Lipinski definition) is 5. The Kier molecular flexibility index (Phi) is 4.47. The molecule has 1 aliphatic heterocycles. The van der Waals surface area contributed by atoms with E-state index in [2.05, 4.69) is 16.8 Å². The molecule has 3 fully saturated rings. The highest BCUT2D eigenvalue weighted by molar-refractivity contribution is 7.09. The third kappa shape index (κ3) is 3.21. The molecule has 2 saturated carbocycles. The lowest BCUT2D eigenvalue weighted by Gasteiger charge is -2.43. The molecule has 2 aliphatic carbocycles. The highest BCUT2D eigenvalue weighted by Crippen LogP contribution is 2.44. The van der Waals surface area contributed by atoms with Crippen LogP contribution in [-0.4, -0.2) is 47.9 Å². The second-order valence-electron chi connectivity index (χ2n) is 7.53. The average Bonchev–Trinajstić information content (AvgIpc) is 3.22. The van der Waals surface area contributed by atoms with E-state index in [1.807, 2.05) is 12.6 Å². The quantitative estimate of drug-likeness (QED) is 0.797. The van der Waals surface area contributed by atoms with Crippen LogP contribution in [0, 0.1) is 12.8 Å². The molecule has 1 aromatic heterocycles. The number of ether oxygens (including phenoxy) is 2. The second kappa shape index (κ2) is 6.43. The fourth-order valence-electron chi connectivity index (χ4n) is 4.33. The van der Waals surface area contributed by atoms with Gasteiger partial charge in [0.2, 0.25) is 0 Å². The summed E-state index contributed by atoms with van der Waals surface area (Å²) in [7, 11) is 1.90. The van der Waals surface area contributed by atoms with E-state index >= 15 is 0 Å². The minimum absolute atomic E-state index is 0.0450. The van der Waals surface area contributed by atoms with Crippen LogP contribution in [0.2, 0.25) is 0 Å². The van der Waals surface area contributed by atoms with Gasteiger partial charge in [-0.2, -0.15) is 0 Å². The van der Waals surface area contributed by atoms with Gasteiger partial charge in [0.05, 0.1) is 22.9 Å². The van der Waals surface area contributed by atoms with Gasteiger partial charge in [0.25, 0.3) is 0 Å². The number of aromatic nitrogens is 1. The highest BCUT2D eigenvalue weighted by Gasteiger charge is 2.51. The van der Waals surface area contributed by atoms with Gasteiger partial charge in [-0.05, 0) is 51.4 Å². The van der Waals surface area contributed by atoms with Crippen molar-refractivity contribution >= 4 is 11.3 Å². The molecule has 0 unspecified atom stereocenters. The Morgan fingerprint density at radius 2 is 2.22 bits per heavy atom. The molecular formula is C18H28N2O2S. The van der Waals surface area contributed by atoms with E-state index in [0.717, 1.165) is 51.3 Å². The van der Waals surface area contributed by atoms with Crippen molar-refractivity contribution in [2.24, 2.45) is 5.92 Å². The Labute approximate surface area is 143 Å². The van der Waals surface area contributed by atoms with Crippen molar-refractivity contribution in [3.63, 3.8) is 0 Å². The first-order valence-electron chi connectivity index (χ1n) is 9.00. The Bertz CT molecular complexity index is 545. The number of thiazole rings is 1. The molecule has 0 spiro atoms. The van der Waals surface area contributed by atoms with E-state index in [9.17, 15) is 0 Å². The van der Waals surface area contributed by atoms with Crippen molar-refractivity contribution in [3.05, 3.63) is 16.1 Å². The molecule has 0 bridgehead atoms. The molecule has 4 nitrogen and oxygen atoms in total. The summed E-state index contributed by atoms with van der Waals surface area (Å²) in [6.45, 7) is 5.23. The lowest BCUT2D eigenvalue weighted by Crippen LogP contribution is -2.51. The Morgan fingerprint density at radius 3 is 2.91 bits per heavy atom. The maximum Gasteiger partial charge on any atom is 0.0847 e. The molecule has 1 aromatic rings. The predicted octanol–water partition coefficient (Wildman–Crippen LogP) is 3.39. The Hall–Kier alpha value is -0.490. The normalized spacial score (nSPS) is 34.7. The van der Waals surface area contributed by atoms with Gasteiger partial charge in [-0.15, -0.1) is 11.3 Å². The zero-order valence-corrected chi connectivity index (χ0v) is 15.1. The third-order valence-electron chi connectivity index (χ3n) is 6.11. The van der Waals surface area contributed by atoms with Crippen molar-refractivity contribution < 1.29 is 9.47 Å². The molecule has 0 radical (unpaired) electrons. The zero-order valence-electron chi connectivity index (χ0n) is 14.3. The lowest BCUT2D eigenvalue weighted by molar-refractivity contribution is -0.103. The minimum Gasteiger partial charge on any atom is -0.378 e. The van der Waals surface area contributed by atoms with E-state index in [4.69, 9.17) is 9.47 Å². The molecule has 0 amide bonds. The summed E-state index contributed by atoms with van der Waals surface area (Å²) in [5, 5.41) is 0. The largest absolute Gasteiger partial charge is 0.378 e. The van der Waals surface area contributed by atoms with Crippen molar-refractivity contribution in [3.8, 4) is 0 Å². The van der Waals surface area contributed by atoms with Crippen LogP contribution in [0.25, 0.3) is 0 Å². The summed E-state index contributed by atoms with van der Waals surface area (Å²) in [5.74, 6) is 0.849. The van der Waals surface area contributed by atoms with E-state index in [1.165, 1.54) is 23.4 Å². The number of methoxy groups -OCH3 is 1. The Morgan fingerprint density at radius 1 is 1.35 bits per heavy atom. The standard InChI is InChI=1S/C18H28N2O2S/c1-13-16(19-12-23-13)10-20-8-7-18(21-2)6-5-15(9-17(18)20)22-11-14-3-4-14/h12,14-15,17H,3-11H2,1-2H3/t15-,17+,18-/m1/s1. The van der Waals surface area contributed by atoms with Crippen LogP contribution >= 0.6 is 11.3 Å². The number of nitrogens with zero attached hydrogens (tertiary/aromatic N) is 2. The van der Waals surface area contributed by atoms with E-state index in [0.29, 0.717) is 12.1 Å². The van der Waals surface area contributed by atoms with Crippen LogP contribution in [0.15, 0.2) is 5.51 Å². The number of likely N-dealkylation sites (tertiary alicyclic amines) is 1. The summed E-state index contributed by atoms with van der Waals surface area (Å²) in [4.78, 5) is 8.50. The topological polar surface area (TPSA) is 34.6 Å². The molecule has 3 atom stereocenters. The van der Waals surface area contributed by atoms with Crippen LogP contribution in [0.1, 0.15) is 49.1 Å². The SMILES string of the molecule is CO[C@@]12CC[C@@H](OCC3CC3)C[C@@H]1N(Cc1ncsc1C)CC2. The molecule has 128 valence electrons. The molecule has 2 heterocycles. The highest BCUT2D eigenvalue weighted by atomic mass is 32.1. The first-order valence-corrected chi connectivity index (χ1v) is 9.88. The van der Waals surface area contributed by atoms with E-state index in [1.54, 1.807) is 11.3 Å². The molecule has 1 saturated heterocycles. The van der Waals surface area contributed by atoms with Crippen LogP contribution in [-0.2, 0) is 16.0 Å². The second-order valence-corrected chi connectivity index (χ2v) is 8.59. The first-order chi connectivity index (χ1) is 11.2. The molecule has 4 rings (SSSR count). The number of fused-ring (bicyclic) bond motifs is 1. The van der Waals surface area contributed by atoms with Crippen molar-refractivity contribution in [1.29, 1.82) is 0 Å². The molecular weight excluding hydrogens is 308 g/mol. The summed E-state index contributed by atoms with van der Waals surface area (Å²) in [6.07, 6.45) is 7.70. The monoisotopic (exact) mass is 336 g/mol. The molecule has 5 heteroatoms. The van der Waals surface area contributed by atoms with E-state index < -0.39 is 0 Å². The van der Waals surface area contributed by atoms with Crippen LogP contribution < -0.4 is 0 Å². The third-order valence-corrected chi connectivity index (χ3v) is 6.91. The summed E-state index contributed by atoms with van der Waals surface area (Å²) >= 11 is 1.75. The average molecular weight is 337 g/mol. The molecule has 0 aromatic carbocycles. The van der Waals surface area contributed by atoms with Gasteiger partial charge in [0, 0.05) is 37.7 Å². The predicted molar refractivity (Wildman–Crippen MR) is 91.7 cm³/mol. The molecule has 3 aliphatic rings. The summed E-state index contributed by atoms with van der Waals surface area (Å²) < 4.78 is 12.3. The number of hydrogen-bond donors (Lipinski definition) is 0. The smallest absolute Gasteiger partial charge is 0.0847 e. The van der Waals surface area contributed by atoms with Crippen molar-refractivity contribution in [2.75, 3.05) is 20.3 Å². The number of rotatable bonds is 6. The van der Waals surface area contributed by atoms with Gasteiger partial charge in [-0.3, -0.25) is 4.90 Å². The Balaban J connectivity index is 1.44.